The van der Waals surface area contributed by atoms with E-state index in [4.69, 9.17) is 14.2 Å². The van der Waals surface area contributed by atoms with Crippen LogP contribution in [0.15, 0.2) is 79.0 Å². The zero-order valence-electron chi connectivity index (χ0n) is 27.8. The molecule has 0 spiro atoms. The van der Waals surface area contributed by atoms with Crippen molar-refractivity contribution < 1.29 is 32.2 Å². The molecule has 13 heteroatoms. The minimum absolute atomic E-state index is 0.0257. The van der Waals surface area contributed by atoms with Crippen molar-refractivity contribution in [1.82, 2.24) is 29.2 Å². The zero-order chi connectivity index (χ0) is 34.5. The second-order valence-electron chi connectivity index (χ2n) is 12.3. The number of halogens is 3. The Bertz CT molecular complexity index is 1660. The maximum absolute atomic E-state index is 13.7. The van der Waals surface area contributed by atoms with Crippen molar-refractivity contribution in [2.75, 3.05) is 53.0 Å². The monoisotopic (exact) mass is 678 g/mol. The molecule has 0 bridgehead atoms. The molecular weight excluding hydrogens is 637 g/mol. The zero-order valence-corrected chi connectivity index (χ0v) is 27.8. The molecule has 0 N–H and O–H groups in total. The molecule has 6 rings (SSSR count). The molecule has 1 amide bonds. The number of carbonyl (C=O) groups excluding carboxylic acids is 1. The molecule has 0 aliphatic carbocycles. The quantitative estimate of drug-likeness (QED) is 0.219. The van der Waals surface area contributed by atoms with Crippen molar-refractivity contribution in [3.63, 3.8) is 0 Å². The van der Waals surface area contributed by atoms with Crippen LogP contribution < -0.4 is 14.2 Å². The topological polar surface area (TPSA) is 85.2 Å². The number of hydrogen-bond acceptors (Lipinski definition) is 8. The van der Waals surface area contributed by atoms with E-state index in [1.54, 1.807) is 6.92 Å². The van der Waals surface area contributed by atoms with Crippen LogP contribution in [0.1, 0.15) is 40.0 Å². The molecule has 4 heterocycles. The van der Waals surface area contributed by atoms with Crippen LogP contribution in [0.2, 0.25) is 0 Å². The van der Waals surface area contributed by atoms with E-state index in [0.29, 0.717) is 44.0 Å². The summed E-state index contributed by atoms with van der Waals surface area (Å²) in [5.41, 5.74) is 3.22. The van der Waals surface area contributed by atoms with E-state index < -0.39 is 12.8 Å². The predicted octanol–water partition coefficient (Wildman–Crippen LogP) is 5.01. The Balaban J connectivity index is 1.38. The number of piperazine rings is 2. The Kier molecular flexibility index (Phi) is 10.4. The molecule has 2 aromatic carbocycles. The normalized spacial score (nSPS) is 18.7. The first kappa shape index (κ1) is 34.3. The van der Waals surface area contributed by atoms with Crippen LogP contribution in [-0.4, -0.2) is 106 Å². The van der Waals surface area contributed by atoms with Gasteiger partial charge < -0.3 is 23.7 Å². The molecule has 0 unspecified atom stereocenters. The van der Waals surface area contributed by atoms with E-state index in [1.165, 1.54) is 7.11 Å². The summed E-state index contributed by atoms with van der Waals surface area (Å²) in [5.74, 6) is -0.213. The van der Waals surface area contributed by atoms with Crippen molar-refractivity contribution in [2.45, 2.75) is 37.6 Å². The van der Waals surface area contributed by atoms with Gasteiger partial charge in [0.1, 0.15) is 5.69 Å². The Morgan fingerprint density at radius 3 is 2.16 bits per heavy atom. The predicted molar refractivity (Wildman–Crippen MR) is 177 cm³/mol. The van der Waals surface area contributed by atoms with Crippen LogP contribution in [0.25, 0.3) is 0 Å². The third-order valence-corrected chi connectivity index (χ3v) is 9.15. The van der Waals surface area contributed by atoms with Crippen molar-refractivity contribution in [3.8, 4) is 17.8 Å². The minimum atomic E-state index is -4.58. The van der Waals surface area contributed by atoms with Crippen molar-refractivity contribution >= 4 is 5.91 Å². The van der Waals surface area contributed by atoms with Gasteiger partial charge in [-0.05, 0) is 30.2 Å². The van der Waals surface area contributed by atoms with Gasteiger partial charge in [-0.25, -0.2) is 0 Å². The van der Waals surface area contributed by atoms with Gasteiger partial charge >= 0.3 is 12.2 Å². The van der Waals surface area contributed by atoms with Gasteiger partial charge in [-0.2, -0.15) is 23.1 Å². The number of alkyl halides is 3. The number of aromatic nitrogens is 3. The number of methoxy groups -OCH3 is 1. The molecule has 2 fully saturated rings. The molecule has 260 valence electrons. The van der Waals surface area contributed by atoms with Gasteiger partial charge in [0.05, 0.1) is 19.3 Å². The Morgan fingerprint density at radius 2 is 1.57 bits per heavy atom. The molecule has 2 atom stereocenters. The molecular formula is C36H41F3N6O4. The van der Waals surface area contributed by atoms with Gasteiger partial charge in [-0.3, -0.25) is 14.6 Å². The smallest absolute Gasteiger partial charge is 0.422 e. The number of carbonyl (C=O) groups is 1. The molecule has 2 saturated heterocycles. The van der Waals surface area contributed by atoms with Gasteiger partial charge in [0.25, 0.3) is 5.91 Å². The third-order valence-electron chi connectivity index (χ3n) is 9.15. The van der Waals surface area contributed by atoms with Crippen molar-refractivity contribution in [2.24, 2.45) is 7.05 Å². The summed E-state index contributed by atoms with van der Waals surface area (Å²) in [6.45, 7) is 3.42. The number of fused-ring (bicyclic) bond motifs is 1. The Labute approximate surface area is 284 Å². The standard InChI is InChI=1S/C36H41F3N6O4/c1-4-48-35-40-32(47-3)28(33(41-35)49-24-36(37,38)39)22-43-20-27-21-44(34(46)29-16-11-17-42(29)2)18-19-45(27)30(23-43)31(25-12-7-5-8-13-25)26-14-9-6-10-15-26/h5-17,27,30-31H,4,18-24H2,1-3H3/t27-,30+/m1/s1. The number of nitrogens with zero attached hydrogens (tertiary/aromatic N) is 6. The Morgan fingerprint density at radius 1 is 0.898 bits per heavy atom. The van der Waals surface area contributed by atoms with Crippen LogP contribution in [-0.2, 0) is 13.6 Å². The van der Waals surface area contributed by atoms with Crippen molar-refractivity contribution in [3.05, 3.63) is 101 Å². The average Bonchev–Trinajstić information content (AvgIpc) is 3.53. The van der Waals surface area contributed by atoms with E-state index in [-0.39, 0.29) is 54.8 Å². The van der Waals surface area contributed by atoms with E-state index >= 15 is 0 Å². The maximum Gasteiger partial charge on any atom is 0.422 e. The molecule has 10 nitrogen and oxygen atoms in total. The van der Waals surface area contributed by atoms with E-state index in [9.17, 15) is 18.0 Å². The average molecular weight is 679 g/mol. The first-order valence-electron chi connectivity index (χ1n) is 16.4. The first-order chi connectivity index (χ1) is 23.6. The largest absolute Gasteiger partial charge is 0.481 e. The van der Waals surface area contributed by atoms with Crippen LogP contribution in [0.3, 0.4) is 0 Å². The maximum atomic E-state index is 13.7. The fourth-order valence-corrected chi connectivity index (χ4v) is 7.04. The number of aryl methyl sites for hydroxylation is 1. The number of ether oxygens (including phenoxy) is 3. The molecule has 4 aromatic rings. The number of amides is 1. The lowest BCUT2D eigenvalue weighted by molar-refractivity contribution is -0.154. The number of rotatable bonds is 11. The highest BCUT2D eigenvalue weighted by Crippen LogP contribution is 2.38. The van der Waals surface area contributed by atoms with Gasteiger partial charge in [-0.15, -0.1) is 0 Å². The first-order valence-corrected chi connectivity index (χ1v) is 16.4. The second-order valence-corrected chi connectivity index (χ2v) is 12.3. The lowest BCUT2D eigenvalue weighted by Crippen LogP contribution is -2.67. The minimum Gasteiger partial charge on any atom is -0.481 e. The summed E-state index contributed by atoms with van der Waals surface area (Å²) in [6, 6.07) is 24.1. The van der Waals surface area contributed by atoms with Gasteiger partial charge in [0.2, 0.25) is 11.8 Å². The SMILES string of the molecule is CCOc1nc(OC)c(CN2C[C@@H]3CN(C(=O)c4cccn4C)CCN3[C@H](C(c3ccccc3)c3ccccc3)C2)c(OCC(F)(F)F)n1. The third kappa shape index (κ3) is 7.83. The highest BCUT2D eigenvalue weighted by molar-refractivity contribution is 5.92. The summed E-state index contributed by atoms with van der Waals surface area (Å²) < 4.78 is 58.2. The number of hydrogen-bond donors (Lipinski definition) is 0. The van der Waals surface area contributed by atoms with Gasteiger partial charge in [-0.1, -0.05) is 60.7 Å². The Hall–Kier alpha value is -4.62. The van der Waals surface area contributed by atoms with Gasteiger partial charge in [0.15, 0.2) is 6.61 Å². The van der Waals surface area contributed by atoms with E-state index in [0.717, 1.165) is 11.1 Å². The summed E-state index contributed by atoms with van der Waals surface area (Å²) in [6.07, 6.45) is -2.72. The highest BCUT2D eigenvalue weighted by Gasteiger charge is 2.44. The summed E-state index contributed by atoms with van der Waals surface area (Å²) in [5, 5.41) is 0. The molecule has 0 saturated carbocycles. The van der Waals surface area contributed by atoms with Crippen LogP contribution in [0, 0.1) is 0 Å². The van der Waals surface area contributed by atoms with Crippen LogP contribution in [0.5, 0.6) is 17.8 Å². The highest BCUT2D eigenvalue weighted by atomic mass is 19.4. The van der Waals surface area contributed by atoms with E-state index in [1.807, 2.05) is 71.2 Å². The fraction of sp³-hybridized carbons (Fsp3) is 0.417. The fourth-order valence-electron chi connectivity index (χ4n) is 7.04. The van der Waals surface area contributed by atoms with Crippen LogP contribution in [0.4, 0.5) is 13.2 Å². The molecule has 49 heavy (non-hydrogen) atoms. The van der Waals surface area contributed by atoms with Crippen molar-refractivity contribution in [1.29, 1.82) is 0 Å². The summed E-state index contributed by atoms with van der Waals surface area (Å²) in [7, 11) is 3.27. The molecule has 2 aliphatic rings. The van der Waals surface area contributed by atoms with E-state index in [2.05, 4.69) is 44.0 Å². The lowest BCUT2D eigenvalue weighted by atomic mass is 9.81. The van der Waals surface area contributed by atoms with Crippen LogP contribution >= 0.6 is 0 Å². The molecule has 2 aliphatic heterocycles. The molecule has 2 aromatic heterocycles. The van der Waals surface area contributed by atoms with Gasteiger partial charge in [0, 0.05) is 70.5 Å². The lowest BCUT2D eigenvalue weighted by Gasteiger charge is -2.53. The summed E-state index contributed by atoms with van der Waals surface area (Å²) in [4.78, 5) is 28.8. The second kappa shape index (κ2) is 14.9. The molecule has 0 radical (unpaired) electrons. The number of benzene rings is 2. The summed E-state index contributed by atoms with van der Waals surface area (Å²) >= 11 is 0.